The number of hydrogen-bond acceptors (Lipinski definition) is 4. The molecule has 6 nitrogen and oxygen atoms in total. The second kappa shape index (κ2) is 9.17. The lowest BCUT2D eigenvalue weighted by atomic mass is 10.0. The molecule has 2 aromatic carbocycles. The number of rotatable bonds is 5. The summed E-state index contributed by atoms with van der Waals surface area (Å²) in [5.41, 5.74) is 3.72. The number of aromatic nitrogens is 2. The van der Waals surface area contributed by atoms with E-state index in [1.807, 2.05) is 66.0 Å². The third-order valence-electron chi connectivity index (χ3n) is 6.28. The summed E-state index contributed by atoms with van der Waals surface area (Å²) in [6.07, 6.45) is 1.94. The van der Waals surface area contributed by atoms with Crippen LogP contribution in [0.4, 0.5) is 10.1 Å². The number of pyridine rings is 1. The predicted octanol–water partition coefficient (Wildman–Crippen LogP) is 4.74. The fourth-order valence-electron chi connectivity index (χ4n) is 4.55. The molecule has 0 N–H and O–H groups in total. The van der Waals surface area contributed by atoms with Gasteiger partial charge in [0, 0.05) is 44.8 Å². The summed E-state index contributed by atoms with van der Waals surface area (Å²) >= 11 is 0. The number of nitrogens with zero attached hydrogens (tertiary/aromatic N) is 4. The second-order valence-corrected chi connectivity index (χ2v) is 8.40. The van der Waals surface area contributed by atoms with Crippen molar-refractivity contribution in [3.8, 4) is 17.1 Å². The van der Waals surface area contributed by atoms with Crippen molar-refractivity contribution < 1.29 is 13.9 Å². The first-order chi connectivity index (χ1) is 16.5. The maximum Gasteiger partial charge on any atom is 0.254 e. The number of aryl methyl sites for hydroxylation is 1. The van der Waals surface area contributed by atoms with Gasteiger partial charge in [0.2, 0.25) is 0 Å². The van der Waals surface area contributed by atoms with Crippen LogP contribution in [-0.2, 0) is 7.05 Å². The smallest absolute Gasteiger partial charge is 0.254 e. The highest BCUT2D eigenvalue weighted by atomic mass is 19.1. The number of anilines is 1. The highest BCUT2D eigenvalue weighted by Crippen LogP contribution is 2.30. The maximum absolute atomic E-state index is 14.1. The molecule has 0 saturated carbocycles. The van der Waals surface area contributed by atoms with E-state index in [1.54, 1.807) is 12.1 Å². The van der Waals surface area contributed by atoms with Crippen LogP contribution in [-0.4, -0.2) is 53.1 Å². The predicted molar refractivity (Wildman–Crippen MR) is 132 cm³/mol. The largest absolute Gasteiger partial charge is 0.492 e. The van der Waals surface area contributed by atoms with Crippen LogP contribution in [0.1, 0.15) is 17.3 Å². The molecule has 7 heteroatoms. The molecule has 0 radical (unpaired) electrons. The van der Waals surface area contributed by atoms with E-state index in [9.17, 15) is 9.18 Å². The molecule has 0 bridgehead atoms. The number of ether oxygens (including phenoxy) is 1. The van der Waals surface area contributed by atoms with Gasteiger partial charge < -0.3 is 19.1 Å². The molecule has 174 valence electrons. The van der Waals surface area contributed by atoms with Gasteiger partial charge in [-0.05, 0) is 55.5 Å². The minimum atomic E-state index is -0.382. The number of fused-ring (bicyclic) bond motifs is 1. The van der Waals surface area contributed by atoms with Gasteiger partial charge in [0.1, 0.15) is 11.6 Å². The molecule has 0 unspecified atom stereocenters. The average molecular weight is 459 g/mol. The van der Waals surface area contributed by atoms with E-state index < -0.39 is 0 Å². The van der Waals surface area contributed by atoms with Crippen molar-refractivity contribution in [3.05, 3.63) is 78.2 Å². The maximum atomic E-state index is 14.1. The molecule has 0 spiro atoms. The van der Waals surface area contributed by atoms with E-state index in [-0.39, 0.29) is 11.7 Å². The number of carbonyl (C=O) groups is 1. The third kappa shape index (κ3) is 4.09. The Morgan fingerprint density at radius 3 is 2.56 bits per heavy atom. The normalized spacial score (nSPS) is 14.0. The Morgan fingerprint density at radius 1 is 1.03 bits per heavy atom. The van der Waals surface area contributed by atoms with Crippen LogP contribution in [0, 0.1) is 5.82 Å². The quantitative estimate of drug-likeness (QED) is 0.434. The molecule has 1 aliphatic heterocycles. The summed E-state index contributed by atoms with van der Waals surface area (Å²) in [5.74, 6) is 0.367. The molecule has 4 aromatic rings. The van der Waals surface area contributed by atoms with Crippen molar-refractivity contribution in [1.29, 1.82) is 0 Å². The average Bonchev–Trinajstić information content (AvgIpc) is 3.29. The number of piperazine rings is 1. The first-order valence-electron chi connectivity index (χ1n) is 11.5. The lowest BCUT2D eigenvalue weighted by Crippen LogP contribution is -2.49. The fraction of sp³-hybridized carbons (Fsp3) is 0.259. The van der Waals surface area contributed by atoms with Gasteiger partial charge in [-0.3, -0.25) is 4.79 Å². The topological polar surface area (TPSA) is 50.6 Å². The van der Waals surface area contributed by atoms with Crippen molar-refractivity contribution in [1.82, 2.24) is 14.5 Å². The first-order valence-corrected chi connectivity index (χ1v) is 11.5. The summed E-state index contributed by atoms with van der Waals surface area (Å²) in [7, 11) is 1.94. The zero-order chi connectivity index (χ0) is 23.7. The zero-order valence-electron chi connectivity index (χ0n) is 19.4. The zero-order valence-corrected chi connectivity index (χ0v) is 19.4. The van der Waals surface area contributed by atoms with Crippen molar-refractivity contribution in [2.75, 3.05) is 37.7 Å². The Balaban J connectivity index is 1.44. The molecule has 34 heavy (non-hydrogen) atoms. The standard InChI is InChI=1S/C27H27FN4O2/c1-3-34-26-9-5-4-7-25(26)31-13-15-32(16-14-31)27(33)21-18-23(24-8-6-12-30(24)2)29-22-11-10-19(28)17-20(21)22/h4-12,17-18H,3,13-16H2,1-2H3. The van der Waals surface area contributed by atoms with Gasteiger partial charge in [-0.15, -0.1) is 0 Å². The molecule has 1 fully saturated rings. The second-order valence-electron chi connectivity index (χ2n) is 8.40. The third-order valence-corrected chi connectivity index (χ3v) is 6.28. The van der Waals surface area contributed by atoms with Gasteiger partial charge in [0.05, 0.1) is 34.8 Å². The molecule has 1 amide bonds. The van der Waals surface area contributed by atoms with Crippen molar-refractivity contribution in [2.24, 2.45) is 7.05 Å². The lowest BCUT2D eigenvalue weighted by molar-refractivity contribution is 0.0748. The molecule has 0 aliphatic carbocycles. The molecule has 2 aromatic heterocycles. The monoisotopic (exact) mass is 458 g/mol. The molecular weight excluding hydrogens is 431 g/mol. The number of carbonyl (C=O) groups excluding carboxylic acids is 1. The lowest BCUT2D eigenvalue weighted by Gasteiger charge is -2.37. The summed E-state index contributed by atoms with van der Waals surface area (Å²) in [6.45, 7) is 5.09. The Hall–Kier alpha value is -3.87. The van der Waals surface area contributed by atoms with Crippen molar-refractivity contribution in [3.63, 3.8) is 0 Å². The Bertz CT molecular complexity index is 1340. The number of amides is 1. The van der Waals surface area contributed by atoms with E-state index in [2.05, 4.69) is 4.90 Å². The number of para-hydroxylation sites is 2. The van der Waals surface area contributed by atoms with Crippen LogP contribution in [0.3, 0.4) is 0 Å². The van der Waals surface area contributed by atoms with Gasteiger partial charge in [-0.25, -0.2) is 9.37 Å². The van der Waals surface area contributed by atoms with Crippen LogP contribution in [0.5, 0.6) is 5.75 Å². The van der Waals surface area contributed by atoms with Crippen molar-refractivity contribution in [2.45, 2.75) is 6.92 Å². The minimum absolute atomic E-state index is 0.105. The molecule has 1 aliphatic rings. The van der Waals surface area contributed by atoms with Gasteiger partial charge in [0.15, 0.2) is 0 Å². The van der Waals surface area contributed by atoms with Crippen LogP contribution in [0.15, 0.2) is 66.9 Å². The SMILES string of the molecule is CCOc1ccccc1N1CCN(C(=O)c2cc(-c3cccn3C)nc3ccc(F)cc23)CC1. The van der Waals surface area contributed by atoms with Gasteiger partial charge >= 0.3 is 0 Å². The summed E-state index contributed by atoms with van der Waals surface area (Å²) < 4.78 is 21.9. The Labute approximate surface area is 198 Å². The van der Waals surface area contributed by atoms with E-state index >= 15 is 0 Å². The first kappa shape index (κ1) is 21.9. The van der Waals surface area contributed by atoms with E-state index in [0.29, 0.717) is 54.9 Å². The number of hydrogen-bond donors (Lipinski definition) is 0. The number of halogens is 1. The number of benzene rings is 2. The molecule has 0 atom stereocenters. The van der Waals surface area contributed by atoms with Crippen LogP contribution < -0.4 is 9.64 Å². The van der Waals surface area contributed by atoms with Crippen LogP contribution >= 0.6 is 0 Å². The minimum Gasteiger partial charge on any atom is -0.492 e. The summed E-state index contributed by atoms with van der Waals surface area (Å²) in [4.78, 5) is 22.5. The van der Waals surface area contributed by atoms with Gasteiger partial charge in [-0.2, -0.15) is 0 Å². The highest BCUT2D eigenvalue weighted by molar-refractivity contribution is 6.07. The molecular formula is C27H27FN4O2. The molecule has 1 saturated heterocycles. The molecule has 3 heterocycles. The Kier molecular flexibility index (Phi) is 5.92. The van der Waals surface area contributed by atoms with Crippen LogP contribution in [0.2, 0.25) is 0 Å². The van der Waals surface area contributed by atoms with Crippen molar-refractivity contribution >= 4 is 22.5 Å². The summed E-state index contributed by atoms with van der Waals surface area (Å²) in [5, 5.41) is 0.534. The van der Waals surface area contributed by atoms with Gasteiger partial charge in [0.25, 0.3) is 5.91 Å². The van der Waals surface area contributed by atoms with E-state index in [0.717, 1.165) is 17.1 Å². The highest BCUT2D eigenvalue weighted by Gasteiger charge is 2.26. The van der Waals surface area contributed by atoms with Crippen LogP contribution in [0.25, 0.3) is 22.3 Å². The van der Waals surface area contributed by atoms with E-state index in [1.165, 1.54) is 12.1 Å². The fourth-order valence-corrected chi connectivity index (χ4v) is 4.55. The molecule has 5 rings (SSSR count). The van der Waals surface area contributed by atoms with E-state index in [4.69, 9.17) is 9.72 Å². The Morgan fingerprint density at radius 2 is 1.82 bits per heavy atom. The summed E-state index contributed by atoms with van der Waals surface area (Å²) in [6, 6.07) is 18.1. The van der Waals surface area contributed by atoms with Gasteiger partial charge in [-0.1, -0.05) is 12.1 Å².